The molecule has 1 aromatic heterocycles. The van der Waals surface area contributed by atoms with E-state index in [0.29, 0.717) is 5.92 Å². The standard InChI is InChI=1S/C42H29NS2/c1-41-33(31-15-7-10-19-38(31)45-41)23-24-36-40(41)32-16-6-9-18-35(32)42(36)34-17-8-5-14-29(34)30-22-21-28(26-37(30)42)43(39-20-11-25-44-39)27-12-3-2-4-13-27/h2-26,33H,1H3. The molecule has 5 aromatic carbocycles. The molecule has 0 saturated heterocycles. The number of rotatable bonds is 3. The Labute approximate surface area is 272 Å². The summed E-state index contributed by atoms with van der Waals surface area (Å²) in [5.74, 6) is 0.343. The first kappa shape index (κ1) is 25.7. The van der Waals surface area contributed by atoms with Crippen molar-refractivity contribution in [1.29, 1.82) is 0 Å². The van der Waals surface area contributed by atoms with E-state index in [2.05, 4.69) is 175 Å². The third kappa shape index (κ3) is 3.25. The van der Waals surface area contributed by atoms with E-state index in [4.69, 9.17) is 0 Å². The van der Waals surface area contributed by atoms with Gasteiger partial charge < -0.3 is 4.90 Å². The molecule has 0 bridgehead atoms. The van der Waals surface area contributed by atoms with Gasteiger partial charge in [0.2, 0.25) is 0 Å². The molecule has 3 atom stereocenters. The molecule has 45 heavy (non-hydrogen) atoms. The first-order chi connectivity index (χ1) is 22.2. The summed E-state index contributed by atoms with van der Waals surface area (Å²) >= 11 is 3.83. The van der Waals surface area contributed by atoms with E-state index in [1.807, 2.05) is 0 Å². The van der Waals surface area contributed by atoms with Crippen molar-refractivity contribution in [3.63, 3.8) is 0 Å². The number of nitrogens with zero attached hydrogens (tertiary/aromatic N) is 1. The SMILES string of the molecule is CC12Sc3ccccc3C1C=CC1=C2c2ccccc2C12c1ccccc1-c1ccc(N(c3ccccc3)c3cccs3)cc12. The summed E-state index contributed by atoms with van der Waals surface area (Å²) in [5, 5.41) is 3.38. The molecule has 10 rings (SSSR count). The van der Waals surface area contributed by atoms with Crippen molar-refractivity contribution in [1.82, 2.24) is 0 Å². The van der Waals surface area contributed by atoms with Crippen LogP contribution >= 0.6 is 23.1 Å². The fraction of sp³-hybridized carbons (Fsp3) is 0.0952. The van der Waals surface area contributed by atoms with Crippen molar-refractivity contribution in [2.45, 2.75) is 27.9 Å². The van der Waals surface area contributed by atoms with Gasteiger partial charge in [-0.05, 0) is 105 Å². The Morgan fingerprint density at radius 2 is 1.33 bits per heavy atom. The monoisotopic (exact) mass is 611 g/mol. The Bertz CT molecular complexity index is 2230. The molecule has 0 N–H and O–H groups in total. The van der Waals surface area contributed by atoms with Crippen LogP contribution in [0.25, 0.3) is 16.7 Å². The van der Waals surface area contributed by atoms with E-state index in [-0.39, 0.29) is 10.2 Å². The summed E-state index contributed by atoms with van der Waals surface area (Å²) in [7, 11) is 0. The van der Waals surface area contributed by atoms with Crippen molar-refractivity contribution in [2.24, 2.45) is 0 Å². The van der Waals surface area contributed by atoms with E-state index < -0.39 is 0 Å². The predicted molar refractivity (Wildman–Crippen MR) is 190 cm³/mol. The van der Waals surface area contributed by atoms with Gasteiger partial charge in [-0.1, -0.05) is 103 Å². The first-order valence-corrected chi connectivity index (χ1v) is 17.3. The van der Waals surface area contributed by atoms with Crippen molar-refractivity contribution >= 4 is 45.0 Å². The molecule has 2 heterocycles. The summed E-state index contributed by atoms with van der Waals surface area (Å²) in [6.45, 7) is 2.49. The minimum absolute atomic E-state index is 0.0876. The van der Waals surface area contributed by atoms with Crippen molar-refractivity contribution in [3.05, 3.63) is 184 Å². The first-order valence-electron chi connectivity index (χ1n) is 15.6. The van der Waals surface area contributed by atoms with Crippen LogP contribution in [-0.4, -0.2) is 4.75 Å². The molecule has 1 nitrogen and oxygen atoms in total. The van der Waals surface area contributed by atoms with Gasteiger partial charge in [0.25, 0.3) is 0 Å². The zero-order valence-electron chi connectivity index (χ0n) is 24.8. The number of thioether (sulfide) groups is 1. The number of thiophene rings is 1. The lowest BCUT2D eigenvalue weighted by molar-refractivity contribution is 0.702. The van der Waals surface area contributed by atoms with Gasteiger partial charge in [0, 0.05) is 22.2 Å². The Morgan fingerprint density at radius 3 is 2.16 bits per heavy atom. The maximum absolute atomic E-state index is 2.51. The van der Waals surface area contributed by atoms with Gasteiger partial charge >= 0.3 is 0 Å². The Balaban J connectivity index is 1.27. The molecule has 0 saturated carbocycles. The van der Waals surface area contributed by atoms with Crippen molar-refractivity contribution in [2.75, 3.05) is 4.90 Å². The molecule has 1 aliphatic heterocycles. The summed E-state index contributed by atoms with van der Waals surface area (Å²) in [6, 6.07) is 49.8. The lowest BCUT2D eigenvalue weighted by Gasteiger charge is -2.38. The fourth-order valence-electron chi connectivity index (χ4n) is 8.72. The van der Waals surface area contributed by atoms with Crippen LogP contribution in [-0.2, 0) is 5.41 Å². The molecule has 3 unspecified atom stereocenters. The van der Waals surface area contributed by atoms with Crippen LogP contribution in [0.4, 0.5) is 16.4 Å². The zero-order valence-corrected chi connectivity index (χ0v) is 26.4. The maximum Gasteiger partial charge on any atom is 0.0999 e. The summed E-state index contributed by atoms with van der Waals surface area (Å²) in [4.78, 5) is 3.82. The molecule has 3 aliphatic carbocycles. The maximum atomic E-state index is 2.51. The number of anilines is 3. The van der Waals surface area contributed by atoms with Crippen molar-refractivity contribution in [3.8, 4) is 11.1 Å². The van der Waals surface area contributed by atoms with Gasteiger partial charge in [-0.3, -0.25) is 0 Å². The largest absolute Gasteiger partial charge is 0.302 e. The topological polar surface area (TPSA) is 3.24 Å². The predicted octanol–water partition coefficient (Wildman–Crippen LogP) is 11.5. The van der Waals surface area contributed by atoms with E-state index in [0.717, 1.165) is 0 Å². The van der Waals surface area contributed by atoms with Crippen LogP contribution in [0.1, 0.15) is 40.7 Å². The van der Waals surface area contributed by atoms with E-state index in [9.17, 15) is 0 Å². The van der Waals surface area contributed by atoms with E-state index >= 15 is 0 Å². The quantitative estimate of drug-likeness (QED) is 0.196. The number of fused-ring (bicyclic) bond motifs is 13. The molecule has 6 aromatic rings. The van der Waals surface area contributed by atoms with E-state index in [1.54, 1.807) is 11.3 Å². The third-order valence-electron chi connectivity index (χ3n) is 10.4. The summed E-state index contributed by atoms with van der Waals surface area (Å²) < 4.78 is -0.0876. The molecule has 0 radical (unpaired) electrons. The Hall–Kier alpha value is -4.57. The average Bonchev–Trinajstić information content (AvgIpc) is 3.84. The number of allylic oxidation sites excluding steroid dienone is 3. The smallest absolute Gasteiger partial charge is 0.0999 e. The second-order valence-corrected chi connectivity index (χ2v) is 15.0. The van der Waals surface area contributed by atoms with Crippen LogP contribution in [0.2, 0.25) is 0 Å². The van der Waals surface area contributed by atoms with Crippen LogP contribution < -0.4 is 4.90 Å². The molecule has 0 amide bonds. The van der Waals surface area contributed by atoms with Crippen LogP contribution in [0.3, 0.4) is 0 Å². The van der Waals surface area contributed by atoms with Crippen LogP contribution in [0.5, 0.6) is 0 Å². The minimum atomic E-state index is -0.383. The lowest BCUT2D eigenvalue weighted by atomic mass is 9.67. The normalized spacial score (nSPS) is 22.9. The second kappa shape index (κ2) is 9.23. The number of benzene rings is 5. The molecule has 3 heteroatoms. The third-order valence-corrected chi connectivity index (χ3v) is 12.7. The summed E-state index contributed by atoms with van der Waals surface area (Å²) in [6.07, 6.45) is 5.01. The molecular formula is C42H29NS2. The Kier molecular flexibility index (Phi) is 5.28. The highest BCUT2D eigenvalue weighted by molar-refractivity contribution is 8.01. The van der Waals surface area contributed by atoms with E-state index in [1.165, 1.54) is 71.4 Å². The van der Waals surface area contributed by atoms with Crippen molar-refractivity contribution < 1.29 is 0 Å². The summed E-state index contributed by atoms with van der Waals surface area (Å²) in [5.41, 5.74) is 14.6. The number of para-hydroxylation sites is 1. The second-order valence-electron chi connectivity index (χ2n) is 12.6. The van der Waals surface area contributed by atoms with Crippen LogP contribution in [0, 0.1) is 0 Å². The average molecular weight is 612 g/mol. The highest BCUT2D eigenvalue weighted by atomic mass is 32.2. The van der Waals surface area contributed by atoms with Crippen LogP contribution in [0.15, 0.2) is 161 Å². The molecule has 214 valence electrons. The van der Waals surface area contributed by atoms with Gasteiger partial charge in [0.1, 0.15) is 0 Å². The highest BCUT2D eigenvalue weighted by Crippen LogP contribution is 2.70. The highest BCUT2D eigenvalue weighted by Gasteiger charge is 2.59. The molecular weight excluding hydrogens is 583 g/mol. The minimum Gasteiger partial charge on any atom is -0.302 e. The van der Waals surface area contributed by atoms with Gasteiger partial charge in [-0.15, -0.1) is 23.1 Å². The van der Waals surface area contributed by atoms with Gasteiger partial charge in [0.15, 0.2) is 0 Å². The molecule has 4 aliphatic rings. The zero-order chi connectivity index (χ0) is 29.8. The fourth-order valence-corrected chi connectivity index (χ4v) is 11.1. The number of hydrogen-bond acceptors (Lipinski definition) is 3. The lowest BCUT2D eigenvalue weighted by Crippen LogP contribution is -2.32. The number of hydrogen-bond donors (Lipinski definition) is 0. The Morgan fingerprint density at radius 1 is 0.622 bits per heavy atom. The van der Waals surface area contributed by atoms with Gasteiger partial charge in [0.05, 0.1) is 15.2 Å². The van der Waals surface area contributed by atoms with Gasteiger partial charge in [-0.2, -0.15) is 0 Å². The molecule has 0 fully saturated rings. The molecule has 1 spiro atoms. The van der Waals surface area contributed by atoms with Gasteiger partial charge in [-0.25, -0.2) is 0 Å².